The van der Waals surface area contributed by atoms with E-state index in [1.165, 1.54) is 6.26 Å². The van der Waals surface area contributed by atoms with E-state index in [0.717, 1.165) is 22.0 Å². The first kappa shape index (κ1) is 18.5. The van der Waals surface area contributed by atoms with Crippen LogP contribution in [0, 0.1) is 6.92 Å². The Bertz CT molecular complexity index is 1190. The molecule has 1 N–H and O–H groups in total. The number of hydrogen-bond acceptors (Lipinski definition) is 3. The molecular formula is C24H20N2O3. The fraction of sp³-hybridized carbons (Fsp3) is 0.0833. The van der Waals surface area contributed by atoms with Crippen LogP contribution in [-0.2, 0) is 0 Å². The summed E-state index contributed by atoms with van der Waals surface area (Å²) in [6.45, 7) is 1.88. The summed E-state index contributed by atoms with van der Waals surface area (Å²) in [5.41, 5.74) is 2.74. The topological polar surface area (TPSA) is 62.6 Å². The molecule has 2 amide bonds. The number of amides is 2. The van der Waals surface area contributed by atoms with Crippen LogP contribution in [0.15, 0.2) is 83.5 Å². The summed E-state index contributed by atoms with van der Waals surface area (Å²) in [4.78, 5) is 27.1. The molecule has 1 heterocycles. The van der Waals surface area contributed by atoms with Crippen LogP contribution in [0.25, 0.3) is 10.8 Å². The standard InChI is InChI=1S/C24H20N2O3/c1-16-12-13-18(15-20(16)25-23(27)22-11-6-14-29-22)24(28)26(2)21-10-5-8-17-7-3-4-9-19(17)21/h3-15H,1-2H3,(H,25,27). The van der Waals surface area contributed by atoms with Gasteiger partial charge in [-0.05, 0) is 48.2 Å². The maximum absolute atomic E-state index is 13.2. The Morgan fingerprint density at radius 1 is 0.931 bits per heavy atom. The predicted octanol–water partition coefficient (Wildman–Crippen LogP) is 5.27. The van der Waals surface area contributed by atoms with Crippen molar-refractivity contribution in [3.63, 3.8) is 0 Å². The average molecular weight is 384 g/mol. The van der Waals surface area contributed by atoms with Gasteiger partial charge in [0.25, 0.3) is 11.8 Å². The van der Waals surface area contributed by atoms with E-state index in [9.17, 15) is 9.59 Å². The largest absolute Gasteiger partial charge is 0.459 e. The monoisotopic (exact) mass is 384 g/mol. The number of nitrogens with one attached hydrogen (secondary N) is 1. The number of nitrogens with zero attached hydrogens (tertiary/aromatic N) is 1. The Morgan fingerprint density at radius 2 is 1.72 bits per heavy atom. The molecule has 0 aliphatic carbocycles. The van der Waals surface area contributed by atoms with Crippen molar-refractivity contribution < 1.29 is 14.0 Å². The van der Waals surface area contributed by atoms with Gasteiger partial charge >= 0.3 is 0 Å². The molecule has 4 aromatic rings. The zero-order valence-electron chi connectivity index (χ0n) is 16.2. The van der Waals surface area contributed by atoms with Crippen LogP contribution in [0.2, 0.25) is 0 Å². The maximum Gasteiger partial charge on any atom is 0.291 e. The Kier molecular flexibility index (Phi) is 4.87. The molecule has 5 heteroatoms. The number of carbonyl (C=O) groups is 2. The molecule has 144 valence electrons. The van der Waals surface area contributed by atoms with Gasteiger partial charge in [0, 0.05) is 23.7 Å². The number of fused-ring (bicyclic) bond motifs is 1. The first-order chi connectivity index (χ1) is 14.0. The molecule has 0 aliphatic rings. The third-order valence-corrected chi connectivity index (χ3v) is 4.91. The molecule has 0 fully saturated rings. The second-order valence-electron chi connectivity index (χ2n) is 6.82. The van der Waals surface area contributed by atoms with Gasteiger partial charge in [0.05, 0.1) is 12.0 Å². The molecule has 0 saturated carbocycles. The van der Waals surface area contributed by atoms with Crippen LogP contribution in [0.3, 0.4) is 0 Å². The van der Waals surface area contributed by atoms with Gasteiger partial charge in [0.2, 0.25) is 0 Å². The number of aryl methyl sites for hydroxylation is 1. The Hall–Kier alpha value is -3.86. The van der Waals surface area contributed by atoms with Crippen LogP contribution in [0.5, 0.6) is 0 Å². The molecule has 1 aromatic heterocycles. The number of carbonyl (C=O) groups excluding carboxylic acids is 2. The first-order valence-corrected chi connectivity index (χ1v) is 9.26. The maximum atomic E-state index is 13.2. The van der Waals surface area contributed by atoms with Gasteiger partial charge in [-0.3, -0.25) is 9.59 Å². The van der Waals surface area contributed by atoms with E-state index >= 15 is 0 Å². The highest BCUT2D eigenvalue weighted by Gasteiger charge is 2.18. The van der Waals surface area contributed by atoms with Gasteiger partial charge in [-0.1, -0.05) is 42.5 Å². The summed E-state index contributed by atoms with van der Waals surface area (Å²) < 4.78 is 5.13. The highest BCUT2D eigenvalue weighted by atomic mass is 16.3. The number of benzene rings is 3. The molecule has 3 aromatic carbocycles. The van der Waals surface area contributed by atoms with Crippen molar-refractivity contribution in [3.8, 4) is 0 Å². The first-order valence-electron chi connectivity index (χ1n) is 9.26. The van der Waals surface area contributed by atoms with Crippen LogP contribution < -0.4 is 10.2 Å². The molecule has 29 heavy (non-hydrogen) atoms. The number of hydrogen-bond donors (Lipinski definition) is 1. The van der Waals surface area contributed by atoms with E-state index in [-0.39, 0.29) is 17.6 Å². The van der Waals surface area contributed by atoms with E-state index < -0.39 is 0 Å². The highest BCUT2D eigenvalue weighted by Crippen LogP contribution is 2.28. The molecule has 0 unspecified atom stereocenters. The summed E-state index contributed by atoms with van der Waals surface area (Å²) in [6.07, 6.45) is 1.45. The predicted molar refractivity (Wildman–Crippen MR) is 115 cm³/mol. The Labute approximate surface area is 168 Å². The van der Waals surface area contributed by atoms with Gasteiger partial charge in [0.15, 0.2) is 5.76 Å². The normalized spacial score (nSPS) is 10.7. The molecule has 0 bridgehead atoms. The van der Waals surface area contributed by atoms with Gasteiger partial charge < -0.3 is 14.6 Å². The van der Waals surface area contributed by atoms with Gasteiger partial charge in [-0.15, -0.1) is 0 Å². The number of rotatable bonds is 4. The molecule has 0 aliphatic heterocycles. The van der Waals surface area contributed by atoms with Crippen molar-refractivity contribution in [1.82, 2.24) is 0 Å². The quantitative estimate of drug-likeness (QED) is 0.521. The van der Waals surface area contributed by atoms with Crippen LogP contribution >= 0.6 is 0 Å². The summed E-state index contributed by atoms with van der Waals surface area (Å²) in [5, 5.41) is 4.89. The summed E-state index contributed by atoms with van der Waals surface area (Å²) in [7, 11) is 1.76. The SMILES string of the molecule is Cc1ccc(C(=O)N(C)c2cccc3ccccc23)cc1NC(=O)c1ccco1. The van der Waals surface area contributed by atoms with Gasteiger partial charge in [0.1, 0.15) is 0 Å². The van der Waals surface area contributed by atoms with E-state index in [1.807, 2.05) is 55.5 Å². The van der Waals surface area contributed by atoms with Crippen LogP contribution in [-0.4, -0.2) is 18.9 Å². The van der Waals surface area contributed by atoms with Gasteiger partial charge in [-0.25, -0.2) is 0 Å². The van der Waals surface area contributed by atoms with Crippen molar-refractivity contribution >= 4 is 34.0 Å². The smallest absolute Gasteiger partial charge is 0.291 e. The number of anilines is 2. The summed E-state index contributed by atoms with van der Waals surface area (Å²) in [5.74, 6) is -0.297. The molecule has 4 rings (SSSR count). The van der Waals surface area contributed by atoms with E-state index in [1.54, 1.807) is 36.2 Å². The van der Waals surface area contributed by atoms with Crippen LogP contribution in [0.1, 0.15) is 26.5 Å². The van der Waals surface area contributed by atoms with Crippen molar-refractivity contribution in [1.29, 1.82) is 0 Å². The van der Waals surface area contributed by atoms with E-state index in [4.69, 9.17) is 4.42 Å². The fourth-order valence-corrected chi connectivity index (χ4v) is 3.29. The minimum absolute atomic E-state index is 0.158. The second-order valence-corrected chi connectivity index (χ2v) is 6.82. The minimum Gasteiger partial charge on any atom is -0.459 e. The van der Waals surface area contributed by atoms with Crippen molar-refractivity contribution in [3.05, 3.63) is 95.9 Å². The molecule has 5 nitrogen and oxygen atoms in total. The highest BCUT2D eigenvalue weighted by molar-refractivity contribution is 6.11. The van der Waals surface area contributed by atoms with Crippen LogP contribution in [0.4, 0.5) is 11.4 Å². The zero-order valence-corrected chi connectivity index (χ0v) is 16.2. The summed E-state index contributed by atoms with van der Waals surface area (Å²) >= 11 is 0. The molecule has 0 spiro atoms. The lowest BCUT2D eigenvalue weighted by molar-refractivity contribution is 0.0985. The minimum atomic E-state index is -0.356. The number of furan rings is 1. The fourth-order valence-electron chi connectivity index (χ4n) is 3.29. The lowest BCUT2D eigenvalue weighted by Crippen LogP contribution is -2.26. The summed E-state index contributed by atoms with van der Waals surface area (Å²) in [6, 6.07) is 22.4. The molecular weight excluding hydrogens is 364 g/mol. The van der Waals surface area contributed by atoms with E-state index in [2.05, 4.69) is 5.32 Å². The van der Waals surface area contributed by atoms with Crippen molar-refractivity contribution in [2.24, 2.45) is 0 Å². The van der Waals surface area contributed by atoms with Gasteiger partial charge in [-0.2, -0.15) is 0 Å². The molecule has 0 saturated heterocycles. The second kappa shape index (κ2) is 7.64. The molecule has 0 atom stereocenters. The lowest BCUT2D eigenvalue weighted by atomic mass is 10.1. The molecule has 0 radical (unpaired) electrons. The average Bonchev–Trinajstić information content (AvgIpc) is 3.29. The lowest BCUT2D eigenvalue weighted by Gasteiger charge is -2.20. The third kappa shape index (κ3) is 3.62. The zero-order chi connectivity index (χ0) is 20.4. The Balaban J connectivity index is 1.64. The van der Waals surface area contributed by atoms with Crippen molar-refractivity contribution in [2.75, 3.05) is 17.3 Å². The third-order valence-electron chi connectivity index (χ3n) is 4.91. The Morgan fingerprint density at radius 3 is 2.52 bits per heavy atom. The van der Waals surface area contributed by atoms with Crippen molar-refractivity contribution in [2.45, 2.75) is 6.92 Å². The van der Waals surface area contributed by atoms with E-state index in [0.29, 0.717) is 11.3 Å².